The topological polar surface area (TPSA) is 47.6 Å². The summed E-state index contributed by atoms with van der Waals surface area (Å²) in [6, 6.07) is 0. The van der Waals surface area contributed by atoms with Crippen LogP contribution in [0.25, 0.3) is 0 Å². The molecule has 0 aliphatic carbocycles. The van der Waals surface area contributed by atoms with Gasteiger partial charge in [0.25, 0.3) is 0 Å². The number of esters is 1. The number of carbonyl (C=O) groups excluding carboxylic acids is 1. The number of rotatable bonds is 1. The third-order valence-electron chi connectivity index (χ3n) is 2.25. The van der Waals surface area contributed by atoms with Gasteiger partial charge in [-0.3, -0.25) is 0 Å². The number of ether oxygens (including phenoxy) is 2. The minimum atomic E-state index is -0.279. The van der Waals surface area contributed by atoms with E-state index in [9.17, 15) is 4.79 Å². The summed E-state index contributed by atoms with van der Waals surface area (Å²) in [6.45, 7) is 1.98. The molecule has 1 N–H and O–H groups in total. The van der Waals surface area contributed by atoms with Gasteiger partial charge in [-0.2, -0.15) is 0 Å². The molecule has 2 aliphatic heterocycles. The van der Waals surface area contributed by atoms with Gasteiger partial charge in [0.05, 0.1) is 19.3 Å². The zero-order chi connectivity index (χ0) is 8.60. The molecule has 0 bridgehead atoms. The average molecular weight is 169 g/mol. The molecular formula is C8H11NO3. The van der Waals surface area contributed by atoms with Crippen LogP contribution in [-0.2, 0) is 14.3 Å². The van der Waals surface area contributed by atoms with Gasteiger partial charge in [-0.25, -0.2) is 4.79 Å². The summed E-state index contributed by atoms with van der Waals surface area (Å²) in [5.41, 5.74) is 0.433. The molecule has 12 heavy (non-hydrogen) atoms. The van der Waals surface area contributed by atoms with Gasteiger partial charge in [0.1, 0.15) is 5.60 Å². The number of carbonyl (C=O) groups is 1. The van der Waals surface area contributed by atoms with Crippen molar-refractivity contribution in [2.75, 3.05) is 26.8 Å². The number of hydrogen-bond donors (Lipinski definition) is 1. The maximum absolute atomic E-state index is 11.1. The first-order valence-electron chi connectivity index (χ1n) is 3.90. The molecule has 1 fully saturated rings. The summed E-state index contributed by atoms with van der Waals surface area (Å²) in [4.78, 5) is 11.1. The zero-order valence-electron chi connectivity index (χ0n) is 6.92. The lowest BCUT2D eigenvalue weighted by Gasteiger charge is -2.36. The van der Waals surface area contributed by atoms with Gasteiger partial charge in [0.15, 0.2) is 0 Å². The van der Waals surface area contributed by atoms with Crippen LogP contribution >= 0.6 is 0 Å². The predicted molar refractivity (Wildman–Crippen MR) is 41.7 cm³/mol. The number of methoxy groups -OCH3 is 1. The summed E-state index contributed by atoms with van der Waals surface area (Å²) in [7, 11) is 1.38. The quantitative estimate of drug-likeness (QED) is 0.535. The van der Waals surface area contributed by atoms with Crippen LogP contribution in [0, 0.1) is 0 Å². The van der Waals surface area contributed by atoms with Crippen molar-refractivity contribution in [2.24, 2.45) is 0 Å². The van der Waals surface area contributed by atoms with E-state index in [0.29, 0.717) is 12.2 Å². The maximum Gasteiger partial charge on any atom is 0.335 e. The van der Waals surface area contributed by atoms with Crippen molar-refractivity contribution in [2.45, 2.75) is 5.60 Å². The smallest absolute Gasteiger partial charge is 0.335 e. The molecule has 0 aromatic rings. The Balaban J connectivity index is 2.09. The molecule has 0 aromatic heterocycles. The SMILES string of the molecule is COC(=O)C1=CC2(CNC2)OC1. The first kappa shape index (κ1) is 7.76. The van der Waals surface area contributed by atoms with E-state index in [2.05, 4.69) is 10.1 Å². The molecule has 0 atom stereocenters. The van der Waals surface area contributed by atoms with Crippen LogP contribution in [0.5, 0.6) is 0 Å². The van der Waals surface area contributed by atoms with Crippen molar-refractivity contribution in [1.29, 1.82) is 0 Å². The number of nitrogens with one attached hydrogen (secondary N) is 1. The second-order valence-electron chi connectivity index (χ2n) is 3.12. The second-order valence-corrected chi connectivity index (χ2v) is 3.12. The molecule has 0 saturated carbocycles. The fourth-order valence-corrected chi connectivity index (χ4v) is 1.45. The van der Waals surface area contributed by atoms with Gasteiger partial charge in [0.2, 0.25) is 0 Å². The van der Waals surface area contributed by atoms with Crippen molar-refractivity contribution in [3.05, 3.63) is 11.6 Å². The van der Waals surface area contributed by atoms with E-state index in [-0.39, 0.29) is 11.6 Å². The van der Waals surface area contributed by atoms with Crippen LogP contribution in [0.3, 0.4) is 0 Å². The predicted octanol–water partition coefficient (Wildman–Crippen LogP) is -0.542. The standard InChI is InChI=1S/C8H11NO3/c1-11-7(10)6-2-8(12-3-6)4-9-5-8/h2,9H,3-5H2,1H3. The summed E-state index contributed by atoms with van der Waals surface area (Å²) in [5.74, 6) is -0.279. The molecule has 1 spiro atoms. The van der Waals surface area contributed by atoms with Gasteiger partial charge in [-0.15, -0.1) is 0 Å². The molecule has 66 valence electrons. The molecule has 0 aromatic carbocycles. The van der Waals surface area contributed by atoms with E-state index < -0.39 is 0 Å². The molecule has 4 nitrogen and oxygen atoms in total. The molecule has 0 amide bonds. The first-order chi connectivity index (χ1) is 5.76. The van der Waals surface area contributed by atoms with E-state index in [0.717, 1.165) is 13.1 Å². The lowest BCUT2D eigenvalue weighted by molar-refractivity contribution is -0.136. The van der Waals surface area contributed by atoms with Crippen LogP contribution in [0.4, 0.5) is 0 Å². The molecule has 2 heterocycles. The maximum atomic E-state index is 11.1. The monoisotopic (exact) mass is 169 g/mol. The first-order valence-corrected chi connectivity index (χ1v) is 3.90. The van der Waals surface area contributed by atoms with Crippen LogP contribution in [0.2, 0.25) is 0 Å². The van der Waals surface area contributed by atoms with Crippen LogP contribution in [0.1, 0.15) is 0 Å². The Kier molecular flexibility index (Phi) is 1.66. The van der Waals surface area contributed by atoms with E-state index >= 15 is 0 Å². The van der Waals surface area contributed by atoms with Crippen molar-refractivity contribution in [1.82, 2.24) is 5.32 Å². The van der Waals surface area contributed by atoms with Gasteiger partial charge in [-0.05, 0) is 6.08 Å². The molecule has 2 aliphatic rings. The Bertz CT molecular complexity index is 243. The third kappa shape index (κ3) is 1.04. The average Bonchev–Trinajstić information content (AvgIpc) is 2.46. The highest BCUT2D eigenvalue weighted by Gasteiger charge is 2.41. The molecule has 4 heteroatoms. The largest absolute Gasteiger partial charge is 0.466 e. The van der Waals surface area contributed by atoms with E-state index in [4.69, 9.17) is 4.74 Å². The molecule has 1 saturated heterocycles. The van der Waals surface area contributed by atoms with E-state index in [1.165, 1.54) is 7.11 Å². The Hall–Kier alpha value is -0.870. The Morgan fingerprint density at radius 3 is 2.92 bits per heavy atom. The fraction of sp³-hybridized carbons (Fsp3) is 0.625. The zero-order valence-corrected chi connectivity index (χ0v) is 6.92. The number of hydrogen-bond acceptors (Lipinski definition) is 4. The minimum absolute atomic E-state index is 0.205. The Morgan fingerprint density at radius 2 is 2.50 bits per heavy atom. The van der Waals surface area contributed by atoms with Crippen LogP contribution in [-0.4, -0.2) is 38.4 Å². The van der Waals surface area contributed by atoms with Crippen molar-refractivity contribution in [3.63, 3.8) is 0 Å². The summed E-state index contributed by atoms with van der Waals surface area (Å²) >= 11 is 0. The highest BCUT2D eigenvalue weighted by molar-refractivity contribution is 5.89. The molecule has 0 unspecified atom stereocenters. The van der Waals surface area contributed by atoms with Crippen molar-refractivity contribution < 1.29 is 14.3 Å². The lowest BCUT2D eigenvalue weighted by Crippen LogP contribution is -2.58. The van der Waals surface area contributed by atoms with E-state index in [1.807, 2.05) is 6.08 Å². The molecule has 2 rings (SSSR count). The Morgan fingerprint density at radius 1 is 1.75 bits per heavy atom. The fourth-order valence-electron chi connectivity index (χ4n) is 1.45. The second kappa shape index (κ2) is 2.57. The highest BCUT2D eigenvalue weighted by Crippen LogP contribution is 2.27. The van der Waals surface area contributed by atoms with Crippen LogP contribution < -0.4 is 5.32 Å². The van der Waals surface area contributed by atoms with Crippen molar-refractivity contribution in [3.8, 4) is 0 Å². The van der Waals surface area contributed by atoms with Crippen molar-refractivity contribution >= 4 is 5.97 Å². The molecular weight excluding hydrogens is 158 g/mol. The van der Waals surface area contributed by atoms with Gasteiger partial charge >= 0.3 is 5.97 Å². The van der Waals surface area contributed by atoms with Gasteiger partial charge in [0, 0.05) is 13.1 Å². The third-order valence-corrected chi connectivity index (χ3v) is 2.25. The van der Waals surface area contributed by atoms with Gasteiger partial charge in [-0.1, -0.05) is 0 Å². The van der Waals surface area contributed by atoms with Gasteiger partial charge < -0.3 is 14.8 Å². The van der Waals surface area contributed by atoms with Crippen LogP contribution in [0.15, 0.2) is 11.6 Å². The summed E-state index contributed by atoms with van der Waals surface area (Å²) < 4.78 is 10.0. The normalized spacial score (nSPS) is 24.9. The lowest BCUT2D eigenvalue weighted by atomic mass is 9.96. The highest BCUT2D eigenvalue weighted by atomic mass is 16.5. The van der Waals surface area contributed by atoms with E-state index in [1.54, 1.807) is 0 Å². The summed E-state index contributed by atoms with van der Waals surface area (Å²) in [6.07, 6.45) is 1.87. The molecule has 0 radical (unpaired) electrons. The minimum Gasteiger partial charge on any atom is -0.466 e. The Labute approximate surface area is 70.5 Å². The summed E-state index contributed by atoms with van der Waals surface area (Å²) in [5, 5.41) is 3.10.